The summed E-state index contributed by atoms with van der Waals surface area (Å²) in [6, 6.07) is 0. The molecule has 0 bridgehead atoms. The van der Waals surface area contributed by atoms with E-state index in [0.29, 0.717) is 11.2 Å². The summed E-state index contributed by atoms with van der Waals surface area (Å²) in [4.78, 5) is 0. The Labute approximate surface area is 93.9 Å². The maximum absolute atomic E-state index is 9.34. The molecule has 0 aromatic carbocycles. The van der Waals surface area contributed by atoms with Crippen LogP contribution in [-0.2, 0) is 0 Å². The molecule has 0 fully saturated rings. The summed E-state index contributed by atoms with van der Waals surface area (Å²) in [5.74, 6) is 1.24. The van der Waals surface area contributed by atoms with Crippen LogP contribution in [0.1, 0.15) is 53.9 Å². The van der Waals surface area contributed by atoms with E-state index in [2.05, 4.69) is 26.8 Å². The summed E-state index contributed by atoms with van der Waals surface area (Å²) >= 11 is 0. The Kier molecular flexibility index (Phi) is 3.64. The third kappa shape index (κ3) is 2.64. The van der Waals surface area contributed by atoms with Crippen LogP contribution in [0.2, 0.25) is 0 Å². The largest absolute Gasteiger partial charge is 0.513 e. The SMILES string of the molecule is CC1=CCC(CC/C(C)=C(\C)O)C1(C)C. The van der Waals surface area contributed by atoms with Crippen molar-refractivity contribution in [1.29, 1.82) is 0 Å². The van der Waals surface area contributed by atoms with Gasteiger partial charge in [-0.25, -0.2) is 0 Å². The first kappa shape index (κ1) is 12.4. The first-order chi connectivity index (χ1) is 6.85. The molecular weight excluding hydrogens is 184 g/mol. The molecule has 0 heterocycles. The molecule has 0 spiro atoms. The first-order valence-electron chi connectivity index (χ1n) is 5.88. The van der Waals surface area contributed by atoms with E-state index in [-0.39, 0.29) is 0 Å². The third-order valence-electron chi connectivity index (χ3n) is 4.23. The molecule has 1 atom stereocenters. The highest BCUT2D eigenvalue weighted by Gasteiger charge is 2.34. The van der Waals surface area contributed by atoms with Gasteiger partial charge in [0, 0.05) is 0 Å². The van der Waals surface area contributed by atoms with Gasteiger partial charge in [0.15, 0.2) is 0 Å². The Hall–Kier alpha value is -0.720. The molecule has 1 rings (SSSR count). The molecular formula is C14H24O. The molecule has 0 aliphatic heterocycles. The number of allylic oxidation sites excluding steroid dienone is 4. The first-order valence-corrected chi connectivity index (χ1v) is 5.88. The van der Waals surface area contributed by atoms with Crippen LogP contribution in [0.3, 0.4) is 0 Å². The number of aliphatic hydroxyl groups is 1. The molecule has 0 aromatic rings. The molecule has 0 saturated heterocycles. The molecule has 0 aromatic heterocycles. The fourth-order valence-electron chi connectivity index (χ4n) is 2.25. The standard InChI is InChI=1S/C14H24O/c1-10(12(3)15)6-8-13-9-7-11(2)14(13,4)5/h7,13,15H,6,8-9H2,1-5H3/b12-10+. The zero-order valence-corrected chi connectivity index (χ0v) is 10.7. The number of aliphatic hydroxyl groups excluding tert-OH is 1. The van der Waals surface area contributed by atoms with Crippen molar-refractivity contribution in [3.63, 3.8) is 0 Å². The van der Waals surface area contributed by atoms with Gasteiger partial charge < -0.3 is 5.11 Å². The van der Waals surface area contributed by atoms with Gasteiger partial charge in [0.2, 0.25) is 0 Å². The molecule has 1 unspecified atom stereocenters. The summed E-state index contributed by atoms with van der Waals surface area (Å²) in [5.41, 5.74) is 3.01. The van der Waals surface area contributed by atoms with Gasteiger partial charge in [-0.1, -0.05) is 25.5 Å². The molecule has 1 nitrogen and oxygen atoms in total. The molecule has 0 amide bonds. The van der Waals surface area contributed by atoms with Gasteiger partial charge in [-0.05, 0) is 56.9 Å². The van der Waals surface area contributed by atoms with Gasteiger partial charge in [0.1, 0.15) is 0 Å². The average molecular weight is 208 g/mol. The van der Waals surface area contributed by atoms with Crippen molar-refractivity contribution in [2.75, 3.05) is 0 Å². The lowest BCUT2D eigenvalue weighted by Crippen LogP contribution is -2.20. The molecule has 1 N–H and O–H groups in total. The number of hydrogen-bond donors (Lipinski definition) is 1. The van der Waals surface area contributed by atoms with Crippen LogP contribution < -0.4 is 0 Å². The van der Waals surface area contributed by atoms with Crippen molar-refractivity contribution < 1.29 is 5.11 Å². The lowest BCUT2D eigenvalue weighted by atomic mass is 9.75. The van der Waals surface area contributed by atoms with Crippen molar-refractivity contribution in [3.8, 4) is 0 Å². The molecule has 15 heavy (non-hydrogen) atoms. The average Bonchev–Trinajstić information content (AvgIpc) is 2.39. The lowest BCUT2D eigenvalue weighted by Gasteiger charge is -2.29. The van der Waals surface area contributed by atoms with E-state index >= 15 is 0 Å². The smallest absolute Gasteiger partial charge is 0.0880 e. The monoisotopic (exact) mass is 208 g/mol. The van der Waals surface area contributed by atoms with Crippen molar-refractivity contribution in [2.24, 2.45) is 11.3 Å². The normalized spacial score (nSPS) is 26.2. The lowest BCUT2D eigenvalue weighted by molar-refractivity contribution is 0.273. The van der Waals surface area contributed by atoms with Crippen LogP contribution in [0.25, 0.3) is 0 Å². The molecule has 0 saturated carbocycles. The topological polar surface area (TPSA) is 20.2 Å². The fourth-order valence-corrected chi connectivity index (χ4v) is 2.25. The Morgan fingerprint density at radius 2 is 2.07 bits per heavy atom. The molecule has 86 valence electrons. The summed E-state index contributed by atoms with van der Waals surface area (Å²) in [7, 11) is 0. The predicted molar refractivity (Wildman–Crippen MR) is 65.9 cm³/mol. The van der Waals surface area contributed by atoms with Gasteiger partial charge in [0.05, 0.1) is 5.76 Å². The summed E-state index contributed by atoms with van der Waals surface area (Å²) in [6.07, 6.45) is 5.79. The van der Waals surface area contributed by atoms with Crippen molar-refractivity contribution in [1.82, 2.24) is 0 Å². The highest BCUT2D eigenvalue weighted by molar-refractivity contribution is 5.18. The molecule has 1 aliphatic rings. The van der Waals surface area contributed by atoms with E-state index < -0.39 is 0 Å². The van der Waals surface area contributed by atoms with Gasteiger partial charge in [0.25, 0.3) is 0 Å². The third-order valence-corrected chi connectivity index (χ3v) is 4.23. The van der Waals surface area contributed by atoms with E-state index in [1.54, 1.807) is 6.92 Å². The van der Waals surface area contributed by atoms with Crippen molar-refractivity contribution in [3.05, 3.63) is 23.0 Å². The Morgan fingerprint density at radius 1 is 1.47 bits per heavy atom. The highest BCUT2D eigenvalue weighted by Crippen LogP contribution is 2.45. The van der Waals surface area contributed by atoms with E-state index in [4.69, 9.17) is 0 Å². The molecule has 1 heteroatoms. The minimum atomic E-state index is 0.351. The second kappa shape index (κ2) is 4.42. The van der Waals surface area contributed by atoms with Crippen LogP contribution in [0, 0.1) is 11.3 Å². The Bertz CT molecular complexity index is 290. The highest BCUT2D eigenvalue weighted by atomic mass is 16.3. The van der Waals surface area contributed by atoms with Crippen molar-refractivity contribution in [2.45, 2.75) is 53.9 Å². The second-order valence-electron chi connectivity index (χ2n) is 5.45. The maximum Gasteiger partial charge on any atom is 0.0880 e. The van der Waals surface area contributed by atoms with Gasteiger partial charge in [-0.2, -0.15) is 0 Å². The zero-order chi connectivity index (χ0) is 11.6. The van der Waals surface area contributed by atoms with E-state index in [1.807, 2.05) is 6.92 Å². The van der Waals surface area contributed by atoms with Gasteiger partial charge in [-0.3, -0.25) is 0 Å². The molecule has 1 aliphatic carbocycles. The van der Waals surface area contributed by atoms with Crippen molar-refractivity contribution >= 4 is 0 Å². The summed E-state index contributed by atoms with van der Waals surface area (Å²) in [5, 5.41) is 9.34. The van der Waals surface area contributed by atoms with E-state index in [9.17, 15) is 5.11 Å². The van der Waals surface area contributed by atoms with E-state index in [1.165, 1.54) is 18.4 Å². The van der Waals surface area contributed by atoms with Gasteiger partial charge >= 0.3 is 0 Å². The van der Waals surface area contributed by atoms with E-state index in [0.717, 1.165) is 17.9 Å². The molecule has 0 radical (unpaired) electrons. The van der Waals surface area contributed by atoms with Crippen LogP contribution >= 0.6 is 0 Å². The van der Waals surface area contributed by atoms with Crippen LogP contribution in [-0.4, -0.2) is 5.11 Å². The minimum Gasteiger partial charge on any atom is -0.513 e. The number of rotatable bonds is 3. The fraction of sp³-hybridized carbons (Fsp3) is 0.714. The van der Waals surface area contributed by atoms with Crippen LogP contribution in [0.5, 0.6) is 0 Å². The summed E-state index contributed by atoms with van der Waals surface area (Å²) in [6.45, 7) is 10.7. The second-order valence-corrected chi connectivity index (χ2v) is 5.45. The Balaban J connectivity index is 2.53. The number of hydrogen-bond acceptors (Lipinski definition) is 1. The van der Waals surface area contributed by atoms with Crippen LogP contribution in [0.15, 0.2) is 23.0 Å². The van der Waals surface area contributed by atoms with Crippen LogP contribution in [0.4, 0.5) is 0 Å². The minimum absolute atomic E-state index is 0.351. The summed E-state index contributed by atoms with van der Waals surface area (Å²) < 4.78 is 0. The Morgan fingerprint density at radius 3 is 2.47 bits per heavy atom. The maximum atomic E-state index is 9.34. The van der Waals surface area contributed by atoms with Gasteiger partial charge in [-0.15, -0.1) is 0 Å². The zero-order valence-electron chi connectivity index (χ0n) is 10.7. The quantitative estimate of drug-likeness (QED) is 0.530. The predicted octanol–water partition coefficient (Wildman–Crippen LogP) is 4.61.